The van der Waals surface area contributed by atoms with Crippen molar-refractivity contribution in [1.82, 2.24) is 5.32 Å². The highest BCUT2D eigenvalue weighted by Crippen LogP contribution is 2.09. The maximum Gasteiger partial charge on any atom is 0.128 e. The highest BCUT2D eigenvalue weighted by Gasteiger charge is 2.11. The van der Waals surface area contributed by atoms with Crippen molar-refractivity contribution in [2.24, 2.45) is 0 Å². The summed E-state index contributed by atoms with van der Waals surface area (Å²) in [6.45, 7) is 7.62. The lowest BCUT2D eigenvalue weighted by Crippen LogP contribution is -2.34. The van der Waals surface area contributed by atoms with E-state index in [-0.39, 0.29) is 5.54 Å². The predicted octanol–water partition coefficient (Wildman–Crippen LogP) is 2.37. The van der Waals surface area contributed by atoms with E-state index < -0.39 is 0 Å². The van der Waals surface area contributed by atoms with Crippen LogP contribution in [0.4, 0.5) is 0 Å². The van der Waals surface area contributed by atoms with E-state index in [1.54, 1.807) is 6.92 Å². The van der Waals surface area contributed by atoms with Crippen LogP contribution in [0.25, 0.3) is 0 Å². The van der Waals surface area contributed by atoms with Crippen molar-refractivity contribution in [3.63, 3.8) is 0 Å². The molecule has 0 heterocycles. The molecule has 62 valence electrons. The third-order valence-electron chi connectivity index (χ3n) is 0.956. The molecule has 0 rings (SSSR count). The van der Waals surface area contributed by atoms with E-state index in [2.05, 4.69) is 5.32 Å². The van der Waals surface area contributed by atoms with Gasteiger partial charge in [0.15, 0.2) is 0 Å². The Bertz CT molecular complexity index is 201. The number of nitrogens with zero attached hydrogens (tertiary/aromatic N) is 1. The first-order valence-electron chi connectivity index (χ1n) is 3.41. The van der Waals surface area contributed by atoms with Crippen LogP contribution in [0.3, 0.4) is 0 Å². The maximum atomic E-state index is 8.60. The van der Waals surface area contributed by atoms with Crippen LogP contribution in [-0.2, 0) is 0 Å². The first-order valence-corrected chi connectivity index (χ1v) is 3.79. The summed E-state index contributed by atoms with van der Waals surface area (Å²) in [5.41, 5.74) is 0.334. The summed E-state index contributed by atoms with van der Waals surface area (Å²) in [7, 11) is 0. The van der Waals surface area contributed by atoms with E-state index in [0.29, 0.717) is 10.7 Å². The van der Waals surface area contributed by atoms with E-state index in [0.717, 1.165) is 0 Å². The second-order valence-corrected chi connectivity index (χ2v) is 3.96. The van der Waals surface area contributed by atoms with Gasteiger partial charge in [-0.2, -0.15) is 5.26 Å². The van der Waals surface area contributed by atoms with Crippen LogP contribution in [0.15, 0.2) is 10.7 Å². The first-order chi connectivity index (χ1) is 4.87. The van der Waals surface area contributed by atoms with E-state index in [9.17, 15) is 0 Å². The minimum absolute atomic E-state index is 0.110. The van der Waals surface area contributed by atoms with Gasteiger partial charge in [-0.3, -0.25) is 0 Å². The molecular weight excluding hydrogens is 160 g/mol. The third kappa shape index (κ3) is 4.69. The third-order valence-corrected chi connectivity index (χ3v) is 1.15. The molecule has 11 heavy (non-hydrogen) atoms. The van der Waals surface area contributed by atoms with Crippen LogP contribution in [0.1, 0.15) is 27.7 Å². The van der Waals surface area contributed by atoms with Crippen molar-refractivity contribution in [3.05, 3.63) is 10.7 Å². The van der Waals surface area contributed by atoms with Crippen molar-refractivity contribution < 1.29 is 0 Å². The molecular formula is C8H13ClN2. The standard InChI is InChI=1S/C8H13ClN2/c1-6(9)7(5-10)11-8(2,3)4/h11H,1-4H3/b7-6-. The Balaban J connectivity index is 4.39. The molecule has 0 saturated heterocycles. The minimum Gasteiger partial charge on any atom is -0.371 e. The molecule has 0 amide bonds. The zero-order valence-corrected chi connectivity index (χ0v) is 8.08. The Morgan fingerprint density at radius 3 is 2.00 bits per heavy atom. The average molecular weight is 173 g/mol. The molecule has 0 radical (unpaired) electrons. The monoisotopic (exact) mass is 172 g/mol. The quantitative estimate of drug-likeness (QED) is 0.617. The Labute approximate surface area is 72.8 Å². The van der Waals surface area contributed by atoms with Crippen molar-refractivity contribution >= 4 is 11.6 Å². The van der Waals surface area contributed by atoms with E-state index >= 15 is 0 Å². The predicted molar refractivity (Wildman–Crippen MR) is 47.1 cm³/mol. The Kier molecular flexibility index (Phi) is 3.41. The van der Waals surface area contributed by atoms with Gasteiger partial charge in [-0.15, -0.1) is 0 Å². The highest BCUT2D eigenvalue weighted by molar-refractivity contribution is 6.29. The van der Waals surface area contributed by atoms with Gasteiger partial charge in [0.25, 0.3) is 0 Å². The summed E-state index contributed by atoms with van der Waals surface area (Å²) in [6.07, 6.45) is 0. The Hall–Kier alpha value is -0.680. The molecule has 0 spiro atoms. The molecule has 0 atom stereocenters. The zero-order chi connectivity index (χ0) is 9.07. The van der Waals surface area contributed by atoms with Gasteiger partial charge in [-0.1, -0.05) is 11.6 Å². The summed E-state index contributed by atoms with van der Waals surface area (Å²) in [6, 6.07) is 1.99. The number of hydrogen-bond acceptors (Lipinski definition) is 2. The van der Waals surface area contributed by atoms with Gasteiger partial charge in [0.1, 0.15) is 11.8 Å². The first kappa shape index (κ1) is 10.3. The lowest BCUT2D eigenvalue weighted by molar-refractivity contribution is 0.479. The molecule has 1 N–H and O–H groups in total. The Morgan fingerprint density at radius 2 is 1.91 bits per heavy atom. The van der Waals surface area contributed by atoms with Crippen molar-refractivity contribution in [3.8, 4) is 6.07 Å². The Morgan fingerprint density at radius 1 is 1.45 bits per heavy atom. The number of nitrogens with one attached hydrogen (secondary N) is 1. The minimum atomic E-state index is -0.110. The molecule has 0 aliphatic rings. The molecule has 0 aromatic carbocycles. The second kappa shape index (κ2) is 3.64. The van der Waals surface area contributed by atoms with E-state index in [1.807, 2.05) is 26.8 Å². The summed E-state index contributed by atoms with van der Waals surface area (Å²) in [4.78, 5) is 0. The number of nitriles is 1. The summed E-state index contributed by atoms with van der Waals surface area (Å²) in [5, 5.41) is 12.1. The van der Waals surface area contributed by atoms with Crippen LogP contribution < -0.4 is 5.32 Å². The molecule has 2 nitrogen and oxygen atoms in total. The molecule has 0 bridgehead atoms. The van der Waals surface area contributed by atoms with Gasteiger partial charge < -0.3 is 5.32 Å². The fraction of sp³-hybridized carbons (Fsp3) is 0.625. The lowest BCUT2D eigenvalue weighted by Gasteiger charge is -2.21. The van der Waals surface area contributed by atoms with Crippen LogP contribution in [0.2, 0.25) is 0 Å². The fourth-order valence-electron chi connectivity index (χ4n) is 0.566. The molecule has 0 fully saturated rings. The molecule has 0 aliphatic carbocycles. The average Bonchev–Trinajstić information content (AvgIpc) is 1.80. The number of hydrogen-bond donors (Lipinski definition) is 1. The van der Waals surface area contributed by atoms with Gasteiger partial charge in [0, 0.05) is 10.6 Å². The van der Waals surface area contributed by atoms with Crippen molar-refractivity contribution in [2.45, 2.75) is 33.2 Å². The molecule has 0 saturated carbocycles. The lowest BCUT2D eigenvalue weighted by atomic mass is 10.1. The molecule has 0 aromatic rings. The molecule has 0 aliphatic heterocycles. The SMILES string of the molecule is C/C(Cl)=C(\C#N)NC(C)(C)C. The molecule has 3 heteroatoms. The second-order valence-electron chi connectivity index (χ2n) is 3.40. The number of halogens is 1. The van der Waals surface area contributed by atoms with Crippen molar-refractivity contribution in [1.29, 1.82) is 5.26 Å². The fourth-order valence-corrected chi connectivity index (χ4v) is 0.656. The van der Waals surface area contributed by atoms with E-state index in [4.69, 9.17) is 16.9 Å². The summed E-state index contributed by atoms with van der Waals surface area (Å²) in [5.74, 6) is 0. The van der Waals surface area contributed by atoms with Gasteiger partial charge in [0.05, 0.1) is 0 Å². The van der Waals surface area contributed by atoms with Gasteiger partial charge in [-0.05, 0) is 27.7 Å². The normalized spacial score (nSPS) is 13.5. The highest BCUT2D eigenvalue weighted by atomic mass is 35.5. The van der Waals surface area contributed by atoms with Crippen LogP contribution >= 0.6 is 11.6 Å². The van der Waals surface area contributed by atoms with Crippen molar-refractivity contribution in [2.75, 3.05) is 0 Å². The number of rotatable bonds is 1. The van der Waals surface area contributed by atoms with Crippen LogP contribution in [-0.4, -0.2) is 5.54 Å². The van der Waals surface area contributed by atoms with Crippen LogP contribution in [0, 0.1) is 11.3 Å². The van der Waals surface area contributed by atoms with Gasteiger partial charge in [0.2, 0.25) is 0 Å². The topological polar surface area (TPSA) is 35.8 Å². The van der Waals surface area contributed by atoms with Crippen LogP contribution in [0.5, 0.6) is 0 Å². The van der Waals surface area contributed by atoms with Gasteiger partial charge in [-0.25, -0.2) is 0 Å². The summed E-state index contributed by atoms with van der Waals surface area (Å²) < 4.78 is 0. The zero-order valence-electron chi connectivity index (χ0n) is 7.33. The largest absolute Gasteiger partial charge is 0.371 e. The summed E-state index contributed by atoms with van der Waals surface area (Å²) >= 11 is 5.64. The molecule has 0 unspecified atom stereocenters. The number of allylic oxidation sites excluding steroid dienone is 2. The smallest absolute Gasteiger partial charge is 0.128 e. The maximum absolute atomic E-state index is 8.60. The van der Waals surface area contributed by atoms with E-state index in [1.165, 1.54) is 0 Å². The molecule has 0 aromatic heterocycles. The van der Waals surface area contributed by atoms with Gasteiger partial charge >= 0.3 is 0 Å².